The molecular formula is C14H30N2O. The summed E-state index contributed by atoms with van der Waals surface area (Å²) in [6.45, 7) is 10.8. The molecule has 1 aliphatic rings. The lowest BCUT2D eigenvalue weighted by Gasteiger charge is -2.43. The van der Waals surface area contributed by atoms with Crippen LogP contribution in [0.4, 0.5) is 0 Å². The second kappa shape index (κ2) is 7.34. The highest BCUT2D eigenvalue weighted by atomic mass is 16.5. The number of hydrogen-bond donors (Lipinski definition) is 1. The fourth-order valence-corrected chi connectivity index (χ4v) is 2.74. The van der Waals surface area contributed by atoms with Gasteiger partial charge in [0.05, 0.1) is 6.61 Å². The Hall–Kier alpha value is -0.120. The second-order valence-electron chi connectivity index (χ2n) is 5.56. The lowest BCUT2D eigenvalue weighted by atomic mass is 9.92. The van der Waals surface area contributed by atoms with Gasteiger partial charge in [-0.05, 0) is 53.8 Å². The van der Waals surface area contributed by atoms with E-state index in [-0.39, 0.29) is 5.54 Å². The number of rotatable bonds is 6. The molecule has 1 rings (SSSR count). The average molecular weight is 242 g/mol. The standard InChI is InChI=1S/C14H30N2O/c1-5-17-12-13(15-4)14(2,3)16-10-8-6-7-9-11-16/h13,15H,5-12H2,1-4H3. The van der Waals surface area contributed by atoms with E-state index < -0.39 is 0 Å². The zero-order valence-corrected chi connectivity index (χ0v) is 12.1. The fraction of sp³-hybridized carbons (Fsp3) is 1.00. The Labute approximate surface area is 107 Å². The van der Waals surface area contributed by atoms with E-state index in [0.717, 1.165) is 13.2 Å². The number of likely N-dealkylation sites (N-methyl/N-ethyl adjacent to an activating group) is 1. The topological polar surface area (TPSA) is 24.5 Å². The van der Waals surface area contributed by atoms with E-state index in [1.54, 1.807) is 0 Å². The lowest BCUT2D eigenvalue weighted by molar-refractivity contribution is 0.0328. The first-order chi connectivity index (χ1) is 8.12. The van der Waals surface area contributed by atoms with Crippen LogP contribution >= 0.6 is 0 Å². The molecule has 1 atom stereocenters. The largest absolute Gasteiger partial charge is 0.380 e. The van der Waals surface area contributed by atoms with Gasteiger partial charge in [-0.1, -0.05) is 12.8 Å². The van der Waals surface area contributed by atoms with Gasteiger partial charge >= 0.3 is 0 Å². The third kappa shape index (κ3) is 4.23. The van der Waals surface area contributed by atoms with Gasteiger partial charge in [-0.25, -0.2) is 0 Å². The van der Waals surface area contributed by atoms with Crippen molar-refractivity contribution in [2.75, 3.05) is 33.4 Å². The van der Waals surface area contributed by atoms with Gasteiger partial charge in [-0.2, -0.15) is 0 Å². The Kier molecular flexibility index (Phi) is 6.45. The van der Waals surface area contributed by atoms with Gasteiger partial charge in [0.15, 0.2) is 0 Å². The van der Waals surface area contributed by atoms with Crippen molar-refractivity contribution in [1.82, 2.24) is 10.2 Å². The van der Waals surface area contributed by atoms with Gasteiger partial charge in [0.25, 0.3) is 0 Å². The zero-order chi connectivity index (χ0) is 12.7. The SMILES string of the molecule is CCOCC(NC)C(C)(C)N1CCCCCC1. The van der Waals surface area contributed by atoms with Crippen LogP contribution in [0.1, 0.15) is 46.5 Å². The van der Waals surface area contributed by atoms with Crippen LogP contribution in [0, 0.1) is 0 Å². The Morgan fingerprint density at radius 1 is 1.18 bits per heavy atom. The number of nitrogens with one attached hydrogen (secondary N) is 1. The van der Waals surface area contributed by atoms with Crippen molar-refractivity contribution in [3.05, 3.63) is 0 Å². The Bertz CT molecular complexity index is 198. The molecule has 102 valence electrons. The minimum Gasteiger partial charge on any atom is -0.380 e. The molecule has 17 heavy (non-hydrogen) atoms. The molecule has 0 aromatic heterocycles. The molecule has 1 saturated heterocycles. The number of likely N-dealkylation sites (tertiary alicyclic amines) is 1. The Morgan fingerprint density at radius 3 is 2.24 bits per heavy atom. The Balaban J connectivity index is 2.60. The minimum atomic E-state index is 0.175. The summed E-state index contributed by atoms with van der Waals surface area (Å²) in [5.74, 6) is 0. The summed E-state index contributed by atoms with van der Waals surface area (Å²) in [5, 5.41) is 3.43. The van der Waals surface area contributed by atoms with Crippen LogP contribution in [0.25, 0.3) is 0 Å². The molecule has 3 heteroatoms. The maximum absolute atomic E-state index is 5.61. The summed E-state index contributed by atoms with van der Waals surface area (Å²) < 4.78 is 5.61. The van der Waals surface area contributed by atoms with Crippen molar-refractivity contribution in [3.63, 3.8) is 0 Å². The van der Waals surface area contributed by atoms with Crippen LogP contribution in [0.5, 0.6) is 0 Å². The van der Waals surface area contributed by atoms with E-state index in [2.05, 4.69) is 31.0 Å². The van der Waals surface area contributed by atoms with Crippen molar-refractivity contribution in [2.45, 2.75) is 58.0 Å². The second-order valence-corrected chi connectivity index (χ2v) is 5.56. The average Bonchev–Trinajstić information content (AvgIpc) is 2.58. The smallest absolute Gasteiger partial charge is 0.0637 e. The molecule has 0 aromatic carbocycles. The predicted octanol–water partition coefficient (Wildman–Crippen LogP) is 2.27. The first-order valence-electron chi connectivity index (χ1n) is 7.13. The van der Waals surface area contributed by atoms with Crippen LogP contribution in [-0.2, 0) is 4.74 Å². The monoisotopic (exact) mass is 242 g/mol. The van der Waals surface area contributed by atoms with Gasteiger partial charge in [0, 0.05) is 18.2 Å². The third-order valence-corrected chi connectivity index (χ3v) is 4.11. The van der Waals surface area contributed by atoms with Gasteiger partial charge in [-0.15, -0.1) is 0 Å². The van der Waals surface area contributed by atoms with E-state index in [0.29, 0.717) is 6.04 Å². The van der Waals surface area contributed by atoms with Crippen LogP contribution in [0.3, 0.4) is 0 Å². The molecule has 0 bridgehead atoms. The summed E-state index contributed by atoms with van der Waals surface area (Å²) in [4.78, 5) is 2.64. The van der Waals surface area contributed by atoms with Crippen molar-refractivity contribution in [3.8, 4) is 0 Å². The van der Waals surface area contributed by atoms with Gasteiger partial charge in [0.1, 0.15) is 0 Å². The quantitative estimate of drug-likeness (QED) is 0.773. The van der Waals surface area contributed by atoms with E-state index >= 15 is 0 Å². The maximum atomic E-state index is 5.61. The molecule has 1 fully saturated rings. The molecule has 1 N–H and O–H groups in total. The number of hydrogen-bond acceptors (Lipinski definition) is 3. The van der Waals surface area contributed by atoms with Gasteiger partial charge < -0.3 is 10.1 Å². The van der Waals surface area contributed by atoms with E-state index in [4.69, 9.17) is 4.74 Å². The van der Waals surface area contributed by atoms with Gasteiger partial charge in [0.2, 0.25) is 0 Å². The highest BCUT2D eigenvalue weighted by Crippen LogP contribution is 2.23. The molecule has 3 nitrogen and oxygen atoms in total. The summed E-state index contributed by atoms with van der Waals surface area (Å²) in [6.07, 6.45) is 5.47. The molecular weight excluding hydrogens is 212 g/mol. The molecule has 0 spiro atoms. The highest BCUT2D eigenvalue weighted by Gasteiger charge is 2.34. The minimum absolute atomic E-state index is 0.175. The van der Waals surface area contributed by atoms with Crippen LogP contribution in [-0.4, -0.2) is 49.8 Å². The summed E-state index contributed by atoms with van der Waals surface area (Å²) in [5.41, 5.74) is 0.175. The predicted molar refractivity (Wildman–Crippen MR) is 73.5 cm³/mol. The Morgan fingerprint density at radius 2 is 1.76 bits per heavy atom. The molecule has 1 heterocycles. The van der Waals surface area contributed by atoms with Crippen LogP contribution in [0.15, 0.2) is 0 Å². The zero-order valence-electron chi connectivity index (χ0n) is 12.1. The first kappa shape index (κ1) is 14.9. The van der Waals surface area contributed by atoms with E-state index in [9.17, 15) is 0 Å². The van der Waals surface area contributed by atoms with E-state index in [1.165, 1.54) is 38.8 Å². The lowest BCUT2D eigenvalue weighted by Crippen LogP contribution is -2.59. The summed E-state index contributed by atoms with van der Waals surface area (Å²) in [7, 11) is 2.04. The van der Waals surface area contributed by atoms with Crippen LogP contribution < -0.4 is 5.32 Å². The maximum Gasteiger partial charge on any atom is 0.0637 e. The molecule has 0 radical (unpaired) electrons. The van der Waals surface area contributed by atoms with Crippen molar-refractivity contribution in [2.24, 2.45) is 0 Å². The van der Waals surface area contributed by atoms with Crippen molar-refractivity contribution in [1.29, 1.82) is 0 Å². The molecule has 0 saturated carbocycles. The molecule has 1 unspecified atom stereocenters. The first-order valence-corrected chi connectivity index (χ1v) is 7.13. The van der Waals surface area contributed by atoms with Crippen LogP contribution in [0.2, 0.25) is 0 Å². The molecule has 1 aliphatic heterocycles. The van der Waals surface area contributed by atoms with Crippen molar-refractivity contribution < 1.29 is 4.74 Å². The summed E-state index contributed by atoms with van der Waals surface area (Å²) >= 11 is 0. The normalized spacial score (nSPS) is 21.2. The molecule has 0 aliphatic carbocycles. The number of ether oxygens (including phenoxy) is 1. The molecule has 0 aromatic rings. The summed E-state index contributed by atoms with van der Waals surface area (Å²) in [6, 6.07) is 0.403. The third-order valence-electron chi connectivity index (χ3n) is 4.11. The van der Waals surface area contributed by atoms with E-state index in [1.807, 2.05) is 7.05 Å². The fourth-order valence-electron chi connectivity index (χ4n) is 2.74. The number of nitrogens with zero attached hydrogens (tertiary/aromatic N) is 1. The molecule has 0 amide bonds. The van der Waals surface area contributed by atoms with Gasteiger partial charge in [-0.3, -0.25) is 4.90 Å². The highest BCUT2D eigenvalue weighted by molar-refractivity contribution is 4.93. The van der Waals surface area contributed by atoms with Crippen molar-refractivity contribution >= 4 is 0 Å².